The highest BCUT2D eigenvalue weighted by molar-refractivity contribution is 6.06. The van der Waals surface area contributed by atoms with Crippen molar-refractivity contribution in [3.8, 4) is 11.1 Å². The SMILES string of the molecule is [2H]C(c1ccc(-c2ccc3c(cnn3C)c2)cc1)N(C(=O)c1ccccc1)c1cncc(/C=C/C(C)=O)c1. The maximum atomic E-state index is 13.7. The van der Waals surface area contributed by atoms with Crippen LogP contribution in [0.2, 0.25) is 0 Å². The summed E-state index contributed by atoms with van der Waals surface area (Å²) in [5.74, 6) is -0.403. The topological polar surface area (TPSA) is 68.1 Å². The lowest BCUT2D eigenvalue weighted by atomic mass is 10.0. The smallest absolute Gasteiger partial charge is 0.258 e. The fraction of sp³-hybridized carbons (Fsp3) is 0.0968. The summed E-state index contributed by atoms with van der Waals surface area (Å²) in [7, 11) is 1.92. The number of pyridine rings is 1. The summed E-state index contributed by atoms with van der Waals surface area (Å²) >= 11 is 0. The minimum Gasteiger partial charge on any atom is -0.302 e. The Hall–Kier alpha value is -4.84. The number of allylic oxidation sites excluding steroid dienone is 1. The quantitative estimate of drug-likeness (QED) is 0.261. The zero-order valence-electron chi connectivity index (χ0n) is 21.6. The molecule has 182 valence electrons. The second kappa shape index (κ2) is 10.4. The Morgan fingerprint density at radius 2 is 1.70 bits per heavy atom. The van der Waals surface area contributed by atoms with Crippen molar-refractivity contribution in [1.82, 2.24) is 14.8 Å². The van der Waals surface area contributed by atoms with E-state index in [1.165, 1.54) is 17.9 Å². The highest BCUT2D eigenvalue weighted by Crippen LogP contribution is 2.26. The predicted octanol–water partition coefficient (Wildman–Crippen LogP) is 6.08. The Morgan fingerprint density at radius 1 is 0.946 bits per heavy atom. The average Bonchev–Trinajstić information content (AvgIpc) is 3.32. The molecule has 1 unspecified atom stereocenters. The van der Waals surface area contributed by atoms with Crippen LogP contribution < -0.4 is 4.90 Å². The van der Waals surface area contributed by atoms with Crippen molar-refractivity contribution in [3.05, 3.63) is 120 Å². The molecule has 6 nitrogen and oxygen atoms in total. The summed E-state index contributed by atoms with van der Waals surface area (Å²) < 4.78 is 10.9. The maximum Gasteiger partial charge on any atom is 0.258 e. The van der Waals surface area contributed by atoms with Crippen LogP contribution in [-0.2, 0) is 18.4 Å². The lowest BCUT2D eigenvalue weighted by Crippen LogP contribution is -2.30. The molecule has 6 heteroatoms. The molecule has 0 saturated heterocycles. The molecule has 0 N–H and O–H groups in total. The number of carbonyl (C=O) groups is 2. The van der Waals surface area contributed by atoms with Crippen molar-refractivity contribution < 1.29 is 11.0 Å². The van der Waals surface area contributed by atoms with E-state index in [0.717, 1.165) is 22.0 Å². The van der Waals surface area contributed by atoms with Crippen molar-refractivity contribution in [2.24, 2.45) is 7.05 Å². The molecule has 0 aliphatic rings. The third kappa shape index (κ3) is 5.38. The van der Waals surface area contributed by atoms with Crippen LogP contribution in [0.4, 0.5) is 5.69 Å². The van der Waals surface area contributed by atoms with Crippen LogP contribution in [0.15, 0.2) is 104 Å². The number of amides is 1. The van der Waals surface area contributed by atoms with Gasteiger partial charge in [-0.1, -0.05) is 48.5 Å². The molecular weight excluding hydrogens is 460 g/mol. The van der Waals surface area contributed by atoms with E-state index in [9.17, 15) is 9.59 Å². The maximum absolute atomic E-state index is 13.7. The number of carbonyl (C=O) groups excluding carboxylic acids is 2. The van der Waals surface area contributed by atoms with Crippen molar-refractivity contribution in [1.29, 1.82) is 0 Å². The number of aromatic nitrogens is 3. The van der Waals surface area contributed by atoms with Gasteiger partial charge in [-0.25, -0.2) is 0 Å². The zero-order chi connectivity index (χ0) is 26.6. The highest BCUT2D eigenvalue weighted by Gasteiger charge is 2.19. The van der Waals surface area contributed by atoms with Crippen LogP contribution >= 0.6 is 0 Å². The molecule has 5 rings (SSSR count). The lowest BCUT2D eigenvalue weighted by molar-refractivity contribution is -0.112. The fourth-order valence-electron chi connectivity index (χ4n) is 4.11. The van der Waals surface area contributed by atoms with Crippen LogP contribution in [0, 0.1) is 0 Å². The van der Waals surface area contributed by atoms with E-state index in [-0.39, 0.29) is 11.7 Å². The van der Waals surface area contributed by atoms with Gasteiger partial charge in [0.1, 0.15) is 0 Å². The van der Waals surface area contributed by atoms with Gasteiger partial charge in [0.15, 0.2) is 5.78 Å². The molecule has 2 aromatic heterocycles. The van der Waals surface area contributed by atoms with Gasteiger partial charge in [0.2, 0.25) is 0 Å². The minimum atomic E-state index is -1.02. The Balaban J connectivity index is 1.50. The molecule has 0 aliphatic heterocycles. The number of rotatable bonds is 7. The van der Waals surface area contributed by atoms with Crippen LogP contribution in [0.25, 0.3) is 28.1 Å². The van der Waals surface area contributed by atoms with Gasteiger partial charge < -0.3 is 4.90 Å². The van der Waals surface area contributed by atoms with Crippen molar-refractivity contribution in [3.63, 3.8) is 0 Å². The number of fused-ring (bicyclic) bond motifs is 1. The van der Waals surface area contributed by atoms with Crippen molar-refractivity contribution in [2.75, 3.05) is 4.90 Å². The fourth-order valence-corrected chi connectivity index (χ4v) is 4.11. The standard InChI is InChI=1S/C31H26N4O2/c1-22(36)8-9-24-16-29(20-32-18-24)35(31(37)26-6-4-3-5-7-26)21-23-10-12-25(13-11-23)27-14-15-30-28(17-27)19-33-34(30)2/h3-20H,21H2,1-2H3/b9-8+/i21D. The molecule has 0 radical (unpaired) electrons. The van der Waals surface area contributed by atoms with Crippen LogP contribution in [0.3, 0.4) is 0 Å². The lowest BCUT2D eigenvalue weighted by Gasteiger charge is -2.23. The predicted molar refractivity (Wildman–Crippen MR) is 147 cm³/mol. The van der Waals surface area contributed by atoms with E-state index in [2.05, 4.69) is 16.1 Å². The molecule has 0 aliphatic carbocycles. The molecule has 0 saturated carbocycles. The van der Waals surface area contributed by atoms with Crippen LogP contribution in [0.1, 0.15) is 29.8 Å². The van der Waals surface area contributed by atoms with Crippen molar-refractivity contribution in [2.45, 2.75) is 13.4 Å². The zero-order valence-corrected chi connectivity index (χ0v) is 20.6. The van der Waals surface area contributed by atoms with E-state index in [1.54, 1.807) is 48.8 Å². The first-order valence-corrected chi connectivity index (χ1v) is 11.9. The second-order valence-electron chi connectivity index (χ2n) is 8.75. The molecule has 1 atom stereocenters. The monoisotopic (exact) mass is 487 g/mol. The summed E-state index contributed by atoms with van der Waals surface area (Å²) in [6.07, 6.45) is 8.11. The summed E-state index contributed by atoms with van der Waals surface area (Å²) in [6.45, 7) is 0.448. The first kappa shape index (κ1) is 22.6. The van der Waals surface area contributed by atoms with E-state index in [0.29, 0.717) is 22.4 Å². The van der Waals surface area contributed by atoms with E-state index in [4.69, 9.17) is 1.37 Å². The Morgan fingerprint density at radius 3 is 2.46 bits per heavy atom. The Labute approximate surface area is 216 Å². The number of aryl methyl sites for hydroxylation is 1. The normalized spacial score (nSPS) is 12.4. The molecular formula is C31H26N4O2. The average molecular weight is 488 g/mol. The molecule has 0 fully saturated rings. The number of ketones is 1. The van der Waals surface area contributed by atoms with Gasteiger partial charge in [0.25, 0.3) is 5.91 Å². The summed E-state index contributed by atoms with van der Waals surface area (Å²) in [5.41, 5.74) is 5.37. The molecule has 2 heterocycles. The van der Waals surface area contributed by atoms with Gasteiger partial charge in [-0.05, 0) is 71.7 Å². The Bertz CT molecular complexity index is 1640. The largest absolute Gasteiger partial charge is 0.302 e. The van der Waals surface area contributed by atoms with Gasteiger partial charge in [-0.15, -0.1) is 0 Å². The van der Waals surface area contributed by atoms with E-state index >= 15 is 0 Å². The van der Waals surface area contributed by atoms with Gasteiger partial charge in [0, 0.05) is 24.2 Å². The summed E-state index contributed by atoms with van der Waals surface area (Å²) in [4.78, 5) is 30.8. The first-order valence-electron chi connectivity index (χ1n) is 12.4. The minimum absolute atomic E-state index is 0.0891. The number of hydrogen-bond donors (Lipinski definition) is 0. The van der Waals surface area contributed by atoms with Gasteiger partial charge in [-0.2, -0.15) is 5.10 Å². The summed E-state index contributed by atoms with van der Waals surface area (Å²) in [5, 5.41) is 5.37. The summed E-state index contributed by atoms with van der Waals surface area (Å²) in [6, 6.07) is 24.5. The van der Waals surface area contributed by atoms with Crippen LogP contribution in [-0.4, -0.2) is 26.5 Å². The second-order valence-corrected chi connectivity index (χ2v) is 8.75. The molecule has 3 aromatic carbocycles. The number of hydrogen-bond acceptors (Lipinski definition) is 4. The highest BCUT2D eigenvalue weighted by atomic mass is 16.2. The van der Waals surface area contributed by atoms with Gasteiger partial charge >= 0.3 is 0 Å². The van der Waals surface area contributed by atoms with Gasteiger partial charge in [-0.3, -0.25) is 19.3 Å². The van der Waals surface area contributed by atoms with E-state index < -0.39 is 6.52 Å². The molecule has 5 aromatic rings. The Kier molecular flexibility index (Phi) is 6.37. The molecule has 0 spiro atoms. The third-order valence-corrected chi connectivity index (χ3v) is 6.04. The number of anilines is 1. The molecule has 37 heavy (non-hydrogen) atoms. The third-order valence-electron chi connectivity index (χ3n) is 6.04. The van der Waals surface area contributed by atoms with Gasteiger partial charge in [0.05, 0.1) is 31.5 Å². The first-order chi connectivity index (χ1) is 18.4. The van der Waals surface area contributed by atoms with E-state index in [1.807, 2.05) is 60.4 Å². The number of nitrogens with zero attached hydrogens (tertiary/aromatic N) is 4. The van der Waals surface area contributed by atoms with Crippen LogP contribution in [0.5, 0.6) is 0 Å². The number of benzene rings is 3. The molecule has 1 amide bonds. The molecule has 0 bridgehead atoms. The van der Waals surface area contributed by atoms with Crippen molar-refractivity contribution >= 4 is 34.4 Å².